The third-order valence-corrected chi connectivity index (χ3v) is 3.97. The second-order valence-corrected chi connectivity index (χ2v) is 5.71. The Morgan fingerprint density at radius 2 is 1.77 bits per heavy atom. The highest BCUT2D eigenvalue weighted by atomic mass is 32.1. The Labute approximate surface area is 131 Å². The van der Waals surface area contributed by atoms with E-state index in [1.54, 1.807) is 24.3 Å². The number of anilines is 1. The molecule has 6 nitrogen and oxygen atoms in total. The Morgan fingerprint density at radius 3 is 2.27 bits per heavy atom. The van der Waals surface area contributed by atoms with E-state index in [4.69, 9.17) is 15.2 Å². The first-order valence-corrected chi connectivity index (χ1v) is 7.22. The molecule has 0 spiro atoms. The number of rotatable bonds is 5. The number of thiophene rings is 1. The fraction of sp³-hybridized carbons (Fsp3) is 0.200. The van der Waals surface area contributed by atoms with Crippen LogP contribution in [0.15, 0.2) is 24.3 Å². The van der Waals surface area contributed by atoms with Gasteiger partial charge >= 0.3 is 0 Å². The highest BCUT2D eigenvalue weighted by Gasteiger charge is 2.21. The lowest BCUT2D eigenvalue weighted by atomic mass is 10.1. The molecule has 0 aliphatic carbocycles. The summed E-state index contributed by atoms with van der Waals surface area (Å²) in [5.41, 5.74) is 5.86. The summed E-state index contributed by atoms with van der Waals surface area (Å²) in [7, 11) is 2.94. The summed E-state index contributed by atoms with van der Waals surface area (Å²) in [6.45, 7) is 1.83. The van der Waals surface area contributed by atoms with Gasteiger partial charge in [0.15, 0.2) is 0 Å². The van der Waals surface area contributed by atoms with Crippen LogP contribution in [-0.4, -0.2) is 26.0 Å². The van der Waals surface area contributed by atoms with Gasteiger partial charge in [0.05, 0.1) is 19.8 Å². The van der Waals surface area contributed by atoms with Crippen LogP contribution in [0, 0.1) is 6.92 Å². The maximum absolute atomic E-state index is 12.5. The van der Waals surface area contributed by atoms with Crippen LogP contribution in [0.5, 0.6) is 11.5 Å². The van der Waals surface area contributed by atoms with Gasteiger partial charge in [-0.1, -0.05) is 6.07 Å². The Morgan fingerprint density at radius 1 is 1.18 bits per heavy atom. The topological polar surface area (TPSA) is 90.7 Å². The van der Waals surface area contributed by atoms with Crippen molar-refractivity contribution in [1.82, 2.24) is 0 Å². The molecule has 2 amide bonds. The zero-order valence-corrected chi connectivity index (χ0v) is 13.2. The van der Waals surface area contributed by atoms with Crippen molar-refractivity contribution < 1.29 is 19.1 Å². The number of carbonyl (C=O) groups excluding carboxylic acids is 2. The molecule has 7 heteroatoms. The summed E-state index contributed by atoms with van der Waals surface area (Å²) in [6.07, 6.45) is 0. The van der Waals surface area contributed by atoms with Crippen molar-refractivity contribution in [2.75, 3.05) is 19.5 Å². The number of benzene rings is 1. The largest absolute Gasteiger partial charge is 0.496 e. The third-order valence-electron chi connectivity index (χ3n) is 3.00. The zero-order valence-electron chi connectivity index (χ0n) is 12.4. The minimum Gasteiger partial charge on any atom is -0.496 e. The molecule has 0 radical (unpaired) electrons. The van der Waals surface area contributed by atoms with Crippen LogP contribution in [0.1, 0.15) is 25.6 Å². The molecule has 0 atom stereocenters. The van der Waals surface area contributed by atoms with Crippen LogP contribution in [0.4, 0.5) is 5.00 Å². The van der Waals surface area contributed by atoms with E-state index < -0.39 is 11.8 Å². The molecule has 116 valence electrons. The van der Waals surface area contributed by atoms with Gasteiger partial charge in [-0.15, -0.1) is 11.3 Å². The number of primary amides is 1. The molecule has 0 saturated carbocycles. The molecule has 0 aliphatic heterocycles. The molecule has 1 aromatic heterocycles. The Kier molecular flexibility index (Phi) is 4.67. The van der Waals surface area contributed by atoms with Gasteiger partial charge < -0.3 is 20.5 Å². The Hall–Kier alpha value is -2.54. The minimum absolute atomic E-state index is 0.258. The van der Waals surface area contributed by atoms with Crippen molar-refractivity contribution >= 4 is 28.2 Å². The van der Waals surface area contributed by atoms with Crippen molar-refractivity contribution in [2.24, 2.45) is 5.73 Å². The number of nitrogens with two attached hydrogens (primary N) is 1. The summed E-state index contributed by atoms with van der Waals surface area (Å²) in [6, 6.07) is 6.68. The van der Waals surface area contributed by atoms with Gasteiger partial charge in [-0.25, -0.2) is 0 Å². The smallest absolute Gasteiger partial charge is 0.263 e. The van der Waals surface area contributed by atoms with E-state index in [9.17, 15) is 9.59 Å². The van der Waals surface area contributed by atoms with Crippen molar-refractivity contribution in [2.45, 2.75) is 6.92 Å². The molecule has 3 N–H and O–H groups in total. The van der Waals surface area contributed by atoms with E-state index in [0.717, 1.165) is 4.88 Å². The predicted molar refractivity (Wildman–Crippen MR) is 85.1 cm³/mol. The molecule has 1 heterocycles. The zero-order chi connectivity index (χ0) is 16.3. The van der Waals surface area contributed by atoms with Crippen molar-refractivity contribution in [3.05, 3.63) is 40.3 Å². The molecule has 0 fully saturated rings. The lowest BCUT2D eigenvalue weighted by Crippen LogP contribution is -2.17. The van der Waals surface area contributed by atoms with E-state index in [-0.39, 0.29) is 11.1 Å². The lowest BCUT2D eigenvalue weighted by Gasteiger charge is -2.12. The average Bonchev–Trinajstić information content (AvgIpc) is 2.86. The maximum Gasteiger partial charge on any atom is 0.263 e. The second kappa shape index (κ2) is 6.48. The maximum atomic E-state index is 12.5. The highest BCUT2D eigenvalue weighted by Crippen LogP contribution is 2.32. The van der Waals surface area contributed by atoms with Gasteiger partial charge in [0.2, 0.25) is 0 Å². The summed E-state index contributed by atoms with van der Waals surface area (Å²) >= 11 is 1.28. The second-order valence-electron chi connectivity index (χ2n) is 4.46. The number of ether oxygens (including phenoxy) is 2. The normalized spacial score (nSPS) is 10.1. The number of hydrogen-bond donors (Lipinski definition) is 2. The van der Waals surface area contributed by atoms with Crippen molar-refractivity contribution in [3.63, 3.8) is 0 Å². The standard InChI is InChI=1S/C15H16N2O4S/c1-8-7-9(13(16)18)15(22-8)17-14(19)12-10(20-2)5-4-6-11(12)21-3/h4-7H,1-3H3,(H2,16,18)(H,17,19). The van der Waals surface area contributed by atoms with Gasteiger partial charge in [-0.05, 0) is 25.1 Å². The fourth-order valence-electron chi connectivity index (χ4n) is 2.03. The third kappa shape index (κ3) is 3.04. The van der Waals surface area contributed by atoms with Gasteiger partial charge in [-0.2, -0.15) is 0 Å². The van der Waals surface area contributed by atoms with Gasteiger partial charge in [-0.3, -0.25) is 9.59 Å². The van der Waals surface area contributed by atoms with Crippen LogP contribution in [0.25, 0.3) is 0 Å². The molecule has 22 heavy (non-hydrogen) atoms. The van der Waals surface area contributed by atoms with E-state index >= 15 is 0 Å². The first-order chi connectivity index (χ1) is 10.5. The number of hydrogen-bond acceptors (Lipinski definition) is 5. The quantitative estimate of drug-likeness (QED) is 0.885. The van der Waals surface area contributed by atoms with E-state index in [1.807, 2.05) is 6.92 Å². The van der Waals surface area contributed by atoms with Gasteiger partial charge in [0.25, 0.3) is 11.8 Å². The average molecular weight is 320 g/mol. The molecular formula is C15H16N2O4S. The number of methoxy groups -OCH3 is 2. The predicted octanol–water partition coefficient (Wildman–Crippen LogP) is 2.42. The van der Waals surface area contributed by atoms with Gasteiger partial charge in [0, 0.05) is 4.88 Å². The number of carbonyl (C=O) groups is 2. The van der Waals surface area contributed by atoms with Crippen LogP contribution < -0.4 is 20.5 Å². The minimum atomic E-state index is -0.591. The van der Waals surface area contributed by atoms with Crippen LogP contribution in [0.3, 0.4) is 0 Å². The first-order valence-electron chi connectivity index (χ1n) is 6.40. The Bertz CT molecular complexity index is 702. The first kappa shape index (κ1) is 15.8. The molecule has 2 aromatic rings. The van der Waals surface area contributed by atoms with E-state index in [0.29, 0.717) is 16.5 Å². The SMILES string of the molecule is COc1cccc(OC)c1C(=O)Nc1sc(C)cc1C(N)=O. The molecule has 0 aliphatic rings. The summed E-state index contributed by atoms with van der Waals surface area (Å²) in [5.74, 6) is -0.262. The summed E-state index contributed by atoms with van der Waals surface area (Å²) in [5, 5.41) is 3.10. The van der Waals surface area contributed by atoms with Crippen LogP contribution in [-0.2, 0) is 0 Å². The number of nitrogens with one attached hydrogen (secondary N) is 1. The summed E-state index contributed by atoms with van der Waals surface area (Å²) < 4.78 is 10.4. The molecule has 2 rings (SSSR count). The summed E-state index contributed by atoms with van der Waals surface area (Å²) in [4.78, 5) is 24.8. The van der Waals surface area contributed by atoms with E-state index in [2.05, 4.69) is 5.32 Å². The Balaban J connectivity index is 2.40. The highest BCUT2D eigenvalue weighted by molar-refractivity contribution is 7.16. The number of amides is 2. The van der Waals surface area contributed by atoms with Crippen molar-refractivity contribution in [1.29, 1.82) is 0 Å². The molecular weight excluding hydrogens is 304 g/mol. The lowest BCUT2D eigenvalue weighted by molar-refractivity contribution is 0.100. The molecule has 0 bridgehead atoms. The molecule has 0 unspecified atom stereocenters. The van der Waals surface area contributed by atoms with Crippen molar-refractivity contribution in [3.8, 4) is 11.5 Å². The van der Waals surface area contributed by atoms with Gasteiger partial charge in [0.1, 0.15) is 22.1 Å². The monoisotopic (exact) mass is 320 g/mol. The van der Waals surface area contributed by atoms with E-state index in [1.165, 1.54) is 25.6 Å². The molecule has 1 aromatic carbocycles. The molecule has 0 saturated heterocycles. The van der Waals surface area contributed by atoms with Crippen LogP contribution in [0.2, 0.25) is 0 Å². The van der Waals surface area contributed by atoms with Crippen LogP contribution >= 0.6 is 11.3 Å². The fourth-order valence-corrected chi connectivity index (χ4v) is 2.94. The number of aryl methyl sites for hydroxylation is 1.